The second-order valence-corrected chi connectivity index (χ2v) is 8.70. The van der Waals surface area contributed by atoms with Crippen molar-refractivity contribution < 1.29 is 13.3 Å². The third-order valence-electron chi connectivity index (χ3n) is 5.71. The van der Waals surface area contributed by atoms with Gasteiger partial charge in [0.05, 0.1) is 17.1 Å². The zero-order chi connectivity index (χ0) is 25.6. The molecule has 0 saturated heterocycles. The maximum Gasteiger partial charge on any atom is 0.439 e. The molecule has 0 saturated carbocycles. The fraction of sp³-hybridized carbons (Fsp3) is 0.160. The molecule has 4 aromatic heterocycles. The molecule has 0 fully saturated rings. The number of nitrogens with zero attached hydrogens (tertiary/aromatic N) is 3. The quantitative estimate of drug-likeness (QED) is 0.312. The minimum Gasteiger partial charge on any atom is -0.454 e. The summed E-state index contributed by atoms with van der Waals surface area (Å²) in [5.74, 6) is -0.924. The molecular weight excluding hydrogens is 489 g/mol. The summed E-state index contributed by atoms with van der Waals surface area (Å²) in [6.45, 7) is 5.38. The minimum atomic E-state index is -0.730. The Hall–Kier alpha value is -4.31. The van der Waals surface area contributed by atoms with Crippen LogP contribution in [0.2, 0.25) is 5.15 Å². The van der Waals surface area contributed by atoms with E-state index in [9.17, 15) is 14.0 Å². The average molecular weight is 508 g/mol. The lowest BCUT2D eigenvalue weighted by Crippen LogP contribution is -2.13. The van der Waals surface area contributed by atoms with E-state index in [1.54, 1.807) is 25.1 Å². The topological polar surface area (TPSA) is 127 Å². The highest BCUT2D eigenvalue weighted by Crippen LogP contribution is 2.33. The Kier molecular flexibility index (Phi) is 5.89. The van der Waals surface area contributed by atoms with E-state index >= 15 is 0 Å². The van der Waals surface area contributed by atoms with E-state index in [1.165, 1.54) is 18.3 Å². The van der Waals surface area contributed by atoms with Gasteiger partial charge in [-0.15, -0.1) is 0 Å². The highest BCUT2D eigenvalue weighted by molar-refractivity contribution is 6.29. The molecule has 5 aromatic rings. The van der Waals surface area contributed by atoms with Crippen LogP contribution in [0.1, 0.15) is 29.7 Å². The molecule has 2 N–H and O–H groups in total. The van der Waals surface area contributed by atoms with Crippen LogP contribution >= 0.6 is 11.6 Å². The molecule has 0 bridgehead atoms. The average Bonchev–Trinajstić information content (AvgIpc) is 3.28. The first-order valence-electron chi connectivity index (χ1n) is 10.9. The van der Waals surface area contributed by atoms with E-state index in [1.807, 2.05) is 19.9 Å². The van der Waals surface area contributed by atoms with Gasteiger partial charge in [0.25, 0.3) is 0 Å². The van der Waals surface area contributed by atoms with Crippen molar-refractivity contribution in [1.82, 2.24) is 20.1 Å². The van der Waals surface area contributed by atoms with Crippen LogP contribution in [-0.4, -0.2) is 20.1 Å². The van der Waals surface area contributed by atoms with Crippen molar-refractivity contribution in [1.29, 1.82) is 0 Å². The van der Waals surface area contributed by atoms with E-state index < -0.39 is 17.6 Å². The first-order chi connectivity index (χ1) is 17.2. The van der Waals surface area contributed by atoms with Crippen molar-refractivity contribution in [2.24, 2.45) is 0 Å². The minimum absolute atomic E-state index is 0.105. The molecule has 0 aliphatic heterocycles. The first kappa shape index (κ1) is 23.4. The van der Waals surface area contributed by atoms with Gasteiger partial charge >= 0.3 is 5.76 Å². The predicted molar refractivity (Wildman–Crippen MR) is 133 cm³/mol. The van der Waals surface area contributed by atoms with E-state index in [-0.39, 0.29) is 33.6 Å². The number of hydrogen-bond donors (Lipinski definition) is 2. The largest absolute Gasteiger partial charge is 0.454 e. The summed E-state index contributed by atoms with van der Waals surface area (Å²) in [4.78, 5) is 35.7. The van der Waals surface area contributed by atoms with Gasteiger partial charge in [-0.1, -0.05) is 22.8 Å². The van der Waals surface area contributed by atoms with Gasteiger partial charge in [0.1, 0.15) is 27.9 Å². The summed E-state index contributed by atoms with van der Waals surface area (Å²) in [7, 11) is 0. The van der Waals surface area contributed by atoms with Gasteiger partial charge in [-0.05, 0) is 50.6 Å². The zero-order valence-corrected chi connectivity index (χ0v) is 20.1. The number of H-pyrrole nitrogens is 1. The fourth-order valence-electron chi connectivity index (χ4n) is 4.04. The number of pyridine rings is 2. The van der Waals surface area contributed by atoms with Crippen LogP contribution in [0.25, 0.3) is 33.9 Å². The fourth-order valence-corrected chi connectivity index (χ4v) is 4.19. The molecule has 36 heavy (non-hydrogen) atoms. The third-order valence-corrected chi connectivity index (χ3v) is 5.92. The molecule has 1 aromatic carbocycles. The highest BCUT2D eigenvalue weighted by atomic mass is 35.5. The number of aryl methyl sites for hydroxylation is 1. The van der Waals surface area contributed by atoms with E-state index in [2.05, 4.69) is 29.9 Å². The zero-order valence-electron chi connectivity index (χ0n) is 19.3. The summed E-state index contributed by atoms with van der Waals surface area (Å²) in [5.41, 5.74) is 2.97. The molecule has 4 heterocycles. The monoisotopic (exact) mass is 507 g/mol. The second kappa shape index (κ2) is 9.04. The normalized spacial score (nSPS) is 12.1. The lowest BCUT2D eigenvalue weighted by Gasteiger charge is -2.20. The van der Waals surface area contributed by atoms with Gasteiger partial charge in [-0.2, -0.15) is 0 Å². The lowest BCUT2D eigenvalue weighted by molar-refractivity contribution is 0.388. The van der Waals surface area contributed by atoms with Crippen molar-refractivity contribution in [3.63, 3.8) is 0 Å². The maximum atomic E-state index is 13.9. The summed E-state index contributed by atoms with van der Waals surface area (Å²) in [6, 6.07) is 8.95. The Balaban J connectivity index is 1.65. The van der Waals surface area contributed by atoms with Crippen LogP contribution in [0.3, 0.4) is 0 Å². The number of halogens is 2. The van der Waals surface area contributed by atoms with Crippen LogP contribution < -0.4 is 16.5 Å². The van der Waals surface area contributed by atoms with Crippen molar-refractivity contribution in [3.8, 4) is 23.0 Å². The van der Waals surface area contributed by atoms with Crippen LogP contribution in [0, 0.1) is 19.7 Å². The Morgan fingerprint density at radius 3 is 2.67 bits per heavy atom. The maximum absolute atomic E-state index is 13.9. The molecule has 1 atom stereocenters. The molecule has 0 aliphatic carbocycles. The second-order valence-electron chi connectivity index (χ2n) is 8.32. The number of aromatic nitrogens is 4. The number of benzene rings is 1. The van der Waals surface area contributed by atoms with Crippen molar-refractivity contribution >= 4 is 28.3 Å². The van der Waals surface area contributed by atoms with Gasteiger partial charge in [0.15, 0.2) is 11.2 Å². The summed E-state index contributed by atoms with van der Waals surface area (Å²) in [5, 5.41) is 7.62. The van der Waals surface area contributed by atoms with E-state index in [0.717, 1.165) is 5.56 Å². The van der Waals surface area contributed by atoms with Crippen molar-refractivity contribution in [3.05, 3.63) is 91.0 Å². The van der Waals surface area contributed by atoms with Gasteiger partial charge in [-0.25, -0.2) is 14.2 Å². The van der Waals surface area contributed by atoms with Gasteiger partial charge < -0.3 is 9.73 Å². The molecule has 1 unspecified atom stereocenters. The summed E-state index contributed by atoms with van der Waals surface area (Å²) >= 11 is 6.07. The van der Waals surface area contributed by atoms with Crippen LogP contribution in [0.15, 0.2) is 61.1 Å². The van der Waals surface area contributed by atoms with Crippen LogP contribution in [0.4, 0.5) is 10.1 Å². The van der Waals surface area contributed by atoms with E-state index in [4.69, 9.17) is 16.0 Å². The molecule has 0 spiro atoms. The molecule has 9 nitrogen and oxygen atoms in total. The Morgan fingerprint density at radius 1 is 1.14 bits per heavy atom. The lowest BCUT2D eigenvalue weighted by atomic mass is 9.99. The SMILES string of the molecule is Cc1cc(C(C)Nc2ccc(Cl)nc2-c2noc(=O)[nH]2)c2oc(-c3cc(F)ccn3)c(C)c(=O)c2c1. The van der Waals surface area contributed by atoms with Gasteiger partial charge in [0, 0.05) is 23.4 Å². The molecule has 0 radical (unpaired) electrons. The molecule has 11 heteroatoms. The van der Waals surface area contributed by atoms with Crippen LogP contribution in [-0.2, 0) is 0 Å². The summed E-state index contributed by atoms with van der Waals surface area (Å²) < 4.78 is 24.7. The molecule has 182 valence electrons. The Morgan fingerprint density at radius 2 is 1.94 bits per heavy atom. The third kappa shape index (κ3) is 4.27. The smallest absolute Gasteiger partial charge is 0.439 e. The highest BCUT2D eigenvalue weighted by Gasteiger charge is 2.21. The number of rotatable bonds is 5. The number of aromatic amines is 1. The molecule has 0 aliphatic rings. The Labute approximate surface area is 208 Å². The van der Waals surface area contributed by atoms with Gasteiger partial charge in [0.2, 0.25) is 5.82 Å². The number of fused-ring (bicyclic) bond motifs is 1. The summed E-state index contributed by atoms with van der Waals surface area (Å²) in [6.07, 6.45) is 1.32. The van der Waals surface area contributed by atoms with Crippen molar-refractivity contribution in [2.45, 2.75) is 26.8 Å². The molecular formula is C25H19ClFN5O4. The Bertz CT molecular complexity index is 1740. The first-order valence-corrected chi connectivity index (χ1v) is 11.3. The van der Waals surface area contributed by atoms with E-state index in [0.29, 0.717) is 27.8 Å². The molecule has 0 amide bonds. The van der Waals surface area contributed by atoms with Crippen LogP contribution in [0.5, 0.6) is 0 Å². The predicted octanol–water partition coefficient (Wildman–Crippen LogP) is 5.18. The standard InChI is InChI=1S/C25H19ClFN5O4/c1-11-8-15(13(3)29-17-4-5-19(26)30-20(17)24-31-25(34)36-32-24)23-16(9-11)21(33)12(2)22(35-23)18-10-14(27)6-7-28-18/h4-10,13,29H,1-3H3,(H,31,32,34). The van der Waals surface area contributed by atoms with Gasteiger partial charge in [-0.3, -0.25) is 19.3 Å². The number of hydrogen-bond acceptors (Lipinski definition) is 8. The molecule has 5 rings (SSSR count). The number of anilines is 1. The van der Waals surface area contributed by atoms with Crippen molar-refractivity contribution in [2.75, 3.05) is 5.32 Å². The number of nitrogens with one attached hydrogen (secondary N) is 2.